The van der Waals surface area contributed by atoms with Crippen molar-refractivity contribution in [3.05, 3.63) is 48.2 Å². The van der Waals surface area contributed by atoms with E-state index in [0.717, 1.165) is 31.2 Å². The van der Waals surface area contributed by atoms with E-state index in [4.69, 9.17) is 9.47 Å². The first-order chi connectivity index (χ1) is 11.1. The van der Waals surface area contributed by atoms with Crippen LogP contribution in [0.15, 0.2) is 42.7 Å². The number of rotatable bonds is 9. The third-order valence-corrected chi connectivity index (χ3v) is 3.16. The Balaban J connectivity index is 2.21. The Hall–Kier alpha value is -2.30. The Bertz CT molecular complexity index is 499. The van der Waals surface area contributed by atoms with Crippen LogP contribution >= 0.6 is 0 Å². The number of esters is 1. The van der Waals surface area contributed by atoms with Crippen molar-refractivity contribution in [3.8, 4) is 0 Å². The van der Waals surface area contributed by atoms with Gasteiger partial charge in [-0.1, -0.05) is 50.1 Å². The van der Waals surface area contributed by atoms with Crippen molar-refractivity contribution < 1.29 is 19.1 Å². The van der Waals surface area contributed by atoms with Gasteiger partial charge in [-0.25, -0.2) is 9.59 Å². The normalized spacial score (nSPS) is 11.9. The van der Waals surface area contributed by atoms with Gasteiger partial charge in [-0.15, -0.1) is 0 Å². The number of benzene rings is 1. The van der Waals surface area contributed by atoms with Crippen molar-refractivity contribution in [2.75, 3.05) is 0 Å². The lowest BCUT2D eigenvalue weighted by Crippen LogP contribution is -2.39. The Morgan fingerprint density at radius 1 is 1.22 bits per heavy atom. The van der Waals surface area contributed by atoms with Gasteiger partial charge in [0.05, 0.1) is 6.26 Å². The molecule has 0 fully saturated rings. The predicted octanol–water partition coefficient (Wildman–Crippen LogP) is 3.94. The zero-order valence-corrected chi connectivity index (χ0v) is 13.8. The molecule has 0 aromatic heterocycles. The molecule has 0 saturated carbocycles. The molecule has 5 nitrogen and oxygen atoms in total. The van der Waals surface area contributed by atoms with Crippen LogP contribution in [0.3, 0.4) is 0 Å². The minimum atomic E-state index is -0.765. The van der Waals surface area contributed by atoms with E-state index in [1.165, 1.54) is 6.26 Å². The highest BCUT2D eigenvalue weighted by Crippen LogP contribution is 2.02. The number of hydrogen-bond donors (Lipinski definition) is 1. The first-order valence-electron chi connectivity index (χ1n) is 7.96. The first-order valence-corrected chi connectivity index (χ1v) is 7.96. The van der Waals surface area contributed by atoms with E-state index >= 15 is 0 Å². The van der Waals surface area contributed by atoms with E-state index in [1.54, 1.807) is 6.92 Å². The lowest BCUT2D eigenvalue weighted by Gasteiger charge is -2.12. The number of nitrogens with one attached hydrogen (secondary N) is 1. The SMILES string of the molecule is CCCCCC=COC(=O)C(C)NC(=O)OCc1ccccc1. The summed E-state index contributed by atoms with van der Waals surface area (Å²) in [5.41, 5.74) is 0.882. The molecule has 0 aliphatic carbocycles. The first kappa shape index (κ1) is 18.7. The largest absolute Gasteiger partial charge is 0.445 e. The molecule has 1 aromatic rings. The second kappa shape index (κ2) is 11.3. The van der Waals surface area contributed by atoms with Crippen molar-refractivity contribution in [2.45, 2.75) is 52.2 Å². The molecular formula is C18H25NO4. The maximum absolute atomic E-state index is 11.7. The molecule has 1 rings (SSSR count). The standard InChI is InChI=1S/C18H25NO4/c1-3-4-5-6-10-13-22-17(20)15(2)19-18(21)23-14-16-11-8-7-9-12-16/h7-13,15H,3-6,14H2,1-2H3,(H,19,21). The third kappa shape index (κ3) is 8.66. The smallest absolute Gasteiger partial charge is 0.408 e. The number of unbranched alkanes of at least 4 members (excludes halogenated alkanes) is 3. The highest BCUT2D eigenvalue weighted by atomic mass is 16.6. The zero-order chi connectivity index (χ0) is 16.9. The van der Waals surface area contributed by atoms with Gasteiger partial charge in [-0.2, -0.15) is 0 Å². The molecule has 1 amide bonds. The molecule has 23 heavy (non-hydrogen) atoms. The number of alkyl carbamates (subject to hydrolysis) is 1. The van der Waals surface area contributed by atoms with Gasteiger partial charge in [0.2, 0.25) is 0 Å². The van der Waals surface area contributed by atoms with E-state index < -0.39 is 18.1 Å². The van der Waals surface area contributed by atoms with Gasteiger partial charge in [-0.3, -0.25) is 0 Å². The van der Waals surface area contributed by atoms with Crippen molar-refractivity contribution in [1.82, 2.24) is 5.32 Å². The molecule has 0 heterocycles. The molecule has 1 aromatic carbocycles. The fraction of sp³-hybridized carbons (Fsp3) is 0.444. The van der Waals surface area contributed by atoms with E-state index in [1.807, 2.05) is 36.4 Å². The Morgan fingerprint density at radius 3 is 2.65 bits per heavy atom. The quantitative estimate of drug-likeness (QED) is 0.425. The molecule has 0 aliphatic heterocycles. The number of ether oxygens (including phenoxy) is 2. The average Bonchev–Trinajstić information content (AvgIpc) is 2.56. The highest BCUT2D eigenvalue weighted by Gasteiger charge is 2.17. The van der Waals surface area contributed by atoms with Gasteiger partial charge in [0.25, 0.3) is 0 Å². The molecule has 0 bridgehead atoms. The summed E-state index contributed by atoms with van der Waals surface area (Å²) in [6.45, 7) is 3.84. The maximum Gasteiger partial charge on any atom is 0.408 e. The summed E-state index contributed by atoms with van der Waals surface area (Å²) in [7, 11) is 0. The molecule has 1 atom stereocenters. The summed E-state index contributed by atoms with van der Waals surface area (Å²) >= 11 is 0. The lowest BCUT2D eigenvalue weighted by molar-refractivity contribution is -0.139. The summed E-state index contributed by atoms with van der Waals surface area (Å²) in [5.74, 6) is -0.520. The van der Waals surface area contributed by atoms with E-state index in [-0.39, 0.29) is 6.61 Å². The van der Waals surface area contributed by atoms with Crippen LogP contribution in [-0.2, 0) is 20.9 Å². The Labute approximate surface area is 137 Å². The maximum atomic E-state index is 11.7. The Kier molecular flexibility index (Phi) is 9.20. The van der Waals surface area contributed by atoms with Crippen LogP contribution in [-0.4, -0.2) is 18.1 Å². The molecule has 0 spiro atoms. The monoisotopic (exact) mass is 319 g/mol. The topological polar surface area (TPSA) is 64.6 Å². The second-order valence-corrected chi connectivity index (χ2v) is 5.23. The lowest BCUT2D eigenvalue weighted by atomic mass is 10.2. The number of allylic oxidation sites excluding steroid dienone is 1. The molecule has 1 unspecified atom stereocenters. The number of hydrogen-bond acceptors (Lipinski definition) is 4. The minimum Gasteiger partial charge on any atom is -0.445 e. The van der Waals surface area contributed by atoms with Crippen LogP contribution in [0.2, 0.25) is 0 Å². The molecular weight excluding hydrogens is 294 g/mol. The second-order valence-electron chi connectivity index (χ2n) is 5.23. The van der Waals surface area contributed by atoms with Crippen LogP contribution in [0.4, 0.5) is 4.79 Å². The van der Waals surface area contributed by atoms with Crippen LogP contribution in [0, 0.1) is 0 Å². The summed E-state index contributed by atoms with van der Waals surface area (Å²) in [6.07, 6.45) is 6.81. The molecule has 0 aliphatic rings. The van der Waals surface area contributed by atoms with E-state index in [2.05, 4.69) is 12.2 Å². The Morgan fingerprint density at radius 2 is 1.96 bits per heavy atom. The van der Waals surface area contributed by atoms with Gasteiger partial charge in [-0.05, 0) is 31.4 Å². The molecule has 126 valence electrons. The molecule has 0 radical (unpaired) electrons. The summed E-state index contributed by atoms with van der Waals surface area (Å²) < 4.78 is 10.0. The number of amides is 1. The van der Waals surface area contributed by atoms with Gasteiger partial charge < -0.3 is 14.8 Å². The third-order valence-electron chi connectivity index (χ3n) is 3.16. The van der Waals surface area contributed by atoms with Crippen LogP contribution in [0.25, 0.3) is 0 Å². The van der Waals surface area contributed by atoms with Crippen LogP contribution < -0.4 is 5.32 Å². The number of carbonyl (C=O) groups is 2. The fourth-order valence-electron chi connectivity index (χ4n) is 1.80. The van der Waals surface area contributed by atoms with Crippen molar-refractivity contribution in [3.63, 3.8) is 0 Å². The van der Waals surface area contributed by atoms with E-state index in [9.17, 15) is 9.59 Å². The highest BCUT2D eigenvalue weighted by molar-refractivity contribution is 5.81. The van der Waals surface area contributed by atoms with Gasteiger partial charge in [0.1, 0.15) is 12.6 Å². The molecule has 0 saturated heterocycles. The molecule has 5 heteroatoms. The van der Waals surface area contributed by atoms with E-state index in [0.29, 0.717) is 0 Å². The summed E-state index contributed by atoms with van der Waals surface area (Å²) in [4.78, 5) is 23.3. The van der Waals surface area contributed by atoms with Crippen molar-refractivity contribution >= 4 is 12.1 Å². The summed E-state index contributed by atoms with van der Waals surface area (Å²) in [5, 5.41) is 2.44. The number of carbonyl (C=O) groups excluding carboxylic acids is 2. The van der Waals surface area contributed by atoms with Crippen LogP contribution in [0.1, 0.15) is 45.1 Å². The van der Waals surface area contributed by atoms with Crippen molar-refractivity contribution in [2.24, 2.45) is 0 Å². The molecule has 1 N–H and O–H groups in total. The minimum absolute atomic E-state index is 0.159. The average molecular weight is 319 g/mol. The summed E-state index contributed by atoms with van der Waals surface area (Å²) in [6, 6.07) is 8.56. The van der Waals surface area contributed by atoms with Gasteiger partial charge >= 0.3 is 12.1 Å². The van der Waals surface area contributed by atoms with Crippen molar-refractivity contribution in [1.29, 1.82) is 0 Å². The zero-order valence-electron chi connectivity index (χ0n) is 13.8. The van der Waals surface area contributed by atoms with Gasteiger partial charge in [0.15, 0.2) is 0 Å². The fourth-order valence-corrected chi connectivity index (χ4v) is 1.80. The van der Waals surface area contributed by atoms with Gasteiger partial charge in [0, 0.05) is 0 Å². The predicted molar refractivity (Wildman–Crippen MR) is 88.6 cm³/mol. The van der Waals surface area contributed by atoms with Crippen LogP contribution in [0.5, 0.6) is 0 Å².